The highest BCUT2D eigenvalue weighted by Crippen LogP contribution is 2.58. The van der Waals surface area contributed by atoms with Gasteiger partial charge >= 0.3 is 18.1 Å². The summed E-state index contributed by atoms with van der Waals surface area (Å²) in [7, 11) is 3.40. The number of methoxy groups -OCH3 is 1. The Morgan fingerprint density at radius 3 is 2.54 bits per heavy atom. The molecule has 1 N–H and O–H groups in total. The number of ether oxygens (including phenoxy) is 5. The highest BCUT2D eigenvalue weighted by molar-refractivity contribution is 5.87. The summed E-state index contributed by atoms with van der Waals surface area (Å²) in [5.41, 5.74) is 3.28. The summed E-state index contributed by atoms with van der Waals surface area (Å²) in [6.45, 7) is 4.47. The van der Waals surface area contributed by atoms with Crippen LogP contribution in [0.4, 0.5) is 13.2 Å². The van der Waals surface area contributed by atoms with Gasteiger partial charge in [-0.05, 0) is 68.6 Å². The fraction of sp³-hybridized carbons (Fsp3) is 0.395. The first kappa shape index (κ1) is 35.2. The lowest BCUT2D eigenvalue weighted by Crippen LogP contribution is -2.68. The Kier molecular flexibility index (Phi) is 8.83. The number of rotatable bonds is 6. The van der Waals surface area contributed by atoms with Gasteiger partial charge in [0.2, 0.25) is 6.79 Å². The van der Waals surface area contributed by atoms with Crippen molar-refractivity contribution in [2.45, 2.75) is 70.0 Å². The number of phenols is 1. The third-order valence-electron chi connectivity index (χ3n) is 10.5. The van der Waals surface area contributed by atoms with E-state index in [1.165, 1.54) is 32.2 Å². The van der Waals surface area contributed by atoms with Gasteiger partial charge in [-0.15, -0.1) is 0 Å². The van der Waals surface area contributed by atoms with Crippen molar-refractivity contribution in [1.29, 1.82) is 5.26 Å². The lowest BCUT2D eigenvalue weighted by Gasteiger charge is -2.59. The molecule has 0 spiro atoms. The van der Waals surface area contributed by atoms with Crippen LogP contribution < -0.4 is 18.9 Å². The van der Waals surface area contributed by atoms with Gasteiger partial charge in [0.25, 0.3) is 0 Å². The van der Waals surface area contributed by atoms with Crippen molar-refractivity contribution in [2.24, 2.45) is 0 Å². The molecule has 2 unspecified atom stereocenters. The predicted molar refractivity (Wildman–Crippen MR) is 179 cm³/mol. The number of phenolic OH excluding ortho intramolecular Hbond substituents is 1. The SMILES string of the molecule is COc1c(C)cc2c(c1O)[C@H]1C3Cc4c(OC(C)=O)c(C)c5c(c4[C@H](COC(=O)/C=C/c4cccc(C(F)(F)F)c4)N3C(C#N)[C@@H](C2)N1C)OCO5. The first-order valence-electron chi connectivity index (χ1n) is 16.7. The van der Waals surface area contributed by atoms with E-state index < -0.39 is 47.8 Å². The van der Waals surface area contributed by atoms with Gasteiger partial charge in [0.05, 0.1) is 30.8 Å². The van der Waals surface area contributed by atoms with Crippen molar-refractivity contribution in [3.8, 4) is 34.8 Å². The van der Waals surface area contributed by atoms with Crippen LogP contribution in [-0.2, 0) is 33.3 Å². The van der Waals surface area contributed by atoms with Crippen LogP contribution in [0.15, 0.2) is 36.4 Å². The summed E-state index contributed by atoms with van der Waals surface area (Å²) < 4.78 is 69.0. The van der Waals surface area contributed by atoms with E-state index in [1.807, 2.05) is 24.9 Å². The van der Waals surface area contributed by atoms with E-state index in [9.17, 15) is 33.1 Å². The molecule has 5 atom stereocenters. The van der Waals surface area contributed by atoms with Crippen LogP contribution in [0, 0.1) is 25.2 Å². The third kappa shape index (κ3) is 5.68. The smallest absolute Gasteiger partial charge is 0.416 e. The minimum atomic E-state index is -4.55. The minimum Gasteiger partial charge on any atom is -0.504 e. The minimum absolute atomic E-state index is 0.00117. The molecule has 11 nitrogen and oxygen atoms in total. The Bertz CT molecular complexity index is 2060. The second kappa shape index (κ2) is 13.1. The molecule has 0 aliphatic carbocycles. The molecule has 272 valence electrons. The van der Waals surface area contributed by atoms with Gasteiger partial charge in [0.15, 0.2) is 23.0 Å². The topological polar surface area (TPSA) is 131 Å². The largest absolute Gasteiger partial charge is 0.504 e. The fourth-order valence-electron chi connectivity index (χ4n) is 8.47. The maximum Gasteiger partial charge on any atom is 0.416 e. The molecule has 4 aliphatic rings. The van der Waals surface area contributed by atoms with Crippen molar-refractivity contribution in [3.05, 3.63) is 80.9 Å². The molecule has 0 saturated carbocycles. The van der Waals surface area contributed by atoms with E-state index in [0.29, 0.717) is 45.9 Å². The maximum absolute atomic E-state index is 13.3. The highest BCUT2D eigenvalue weighted by Gasteiger charge is 2.57. The average molecular weight is 720 g/mol. The zero-order valence-electron chi connectivity index (χ0n) is 29.0. The van der Waals surface area contributed by atoms with Crippen molar-refractivity contribution in [1.82, 2.24) is 9.80 Å². The number of halogens is 3. The number of benzene rings is 3. The average Bonchev–Trinajstić information content (AvgIpc) is 3.58. The van der Waals surface area contributed by atoms with Crippen LogP contribution in [0.5, 0.6) is 28.7 Å². The monoisotopic (exact) mass is 719 g/mol. The summed E-state index contributed by atoms with van der Waals surface area (Å²) in [6.07, 6.45) is -1.58. The number of likely N-dealkylation sites (N-methyl/N-ethyl adjacent to an activating group) is 1. The van der Waals surface area contributed by atoms with Gasteiger partial charge in [0, 0.05) is 47.3 Å². The number of carbonyl (C=O) groups excluding carboxylic acids is 2. The second-order valence-corrected chi connectivity index (χ2v) is 13.4. The van der Waals surface area contributed by atoms with E-state index in [-0.39, 0.29) is 42.9 Å². The Labute approximate surface area is 297 Å². The predicted octanol–water partition coefficient (Wildman–Crippen LogP) is 5.72. The molecule has 0 amide bonds. The molecule has 7 rings (SSSR count). The normalized spacial score (nSPS) is 23.3. The van der Waals surface area contributed by atoms with Gasteiger partial charge in [-0.25, -0.2) is 4.79 Å². The van der Waals surface area contributed by atoms with Crippen molar-refractivity contribution in [2.75, 3.05) is 27.6 Å². The molecule has 4 aliphatic heterocycles. The quantitative estimate of drug-likeness (QED) is 0.191. The van der Waals surface area contributed by atoms with Crippen LogP contribution in [0.1, 0.15) is 63.5 Å². The molecule has 0 aromatic heterocycles. The van der Waals surface area contributed by atoms with E-state index in [4.69, 9.17) is 23.7 Å². The van der Waals surface area contributed by atoms with Crippen molar-refractivity contribution >= 4 is 18.0 Å². The van der Waals surface area contributed by atoms with E-state index >= 15 is 0 Å². The molecule has 3 aromatic carbocycles. The lowest BCUT2D eigenvalue weighted by atomic mass is 9.71. The highest BCUT2D eigenvalue weighted by atomic mass is 19.4. The van der Waals surface area contributed by atoms with Gasteiger partial charge in [-0.2, -0.15) is 18.4 Å². The third-order valence-corrected chi connectivity index (χ3v) is 10.5. The van der Waals surface area contributed by atoms with Crippen LogP contribution in [-0.4, -0.2) is 72.5 Å². The number of nitrogens with zero attached hydrogens (tertiary/aromatic N) is 3. The molecule has 14 heteroatoms. The summed E-state index contributed by atoms with van der Waals surface area (Å²) in [5.74, 6) is -0.0392. The molecule has 52 heavy (non-hydrogen) atoms. The lowest BCUT2D eigenvalue weighted by molar-refractivity contribution is -0.143. The second-order valence-electron chi connectivity index (χ2n) is 13.4. The number of esters is 2. The first-order valence-corrected chi connectivity index (χ1v) is 16.7. The molecule has 3 aromatic rings. The van der Waals surface area contributed by atoms with Crippen LogP contribution in [0.25, 0.3) is 6.08 Å². The molecular formula is C38H36F3N3O8. The summed E-state index contributed by atoms with van der Waals surface area (Å²) in [5, 5.41) is 22.5. The molecule has 1 fully saturated rings. The number of aryl methyl sites for hydroxylation is 1. The number of carbonyl (C=O) groups is 2. The zero-order valence-corrected chi connectivity index (χ0v) is 29.0. The van der Waals surface area contributed by atoms with Crippen molar-refractivity contribution < 1.29 is 51.6 Å². The van der Waals surface area contributed by atoms with Crippen molar-refractivity contribution in [3.63, 3.8) is 0 Å². The van der Waals surface area contributed by atoms with E-state index in [0.717, 1.165) is 29.3 Å². The summed E-state index contributed by atoms with van der Waals surface area (Å²) in [4.78, 5) is 29.8. The molecular weight excluding hydrogens is 683 g/mol. The maximum atomic E-state index is 13.3. The van der Waals surface area contributed by atoms with Gasteiger partial charge in [-0.3, -0.25) is 14.6 Å². The van der Waals surface area contributed by atoms with Gasteiger partial charge < -0.3 is 28.8 Å². The molecule has 2 bridgehead atoms. The number of hydrogen-bond donors (Lipinski definition) is 1. The molecule has 0 radical (unpaired) electrons. The summed E-state index contributed by atoms with van der Waals surface area (Å²) >= 11 is 0. The Balaban J connectivity index is 1.35. The number of fused-ring (bicyclic) bond motifs is 9. The number of piperazine rings is 1. The molecule has 1 saturated heterocycles. The summed E-state index contributed by atoms with van der Waals surface area (Å²) in [6, 6.07) is 6.13. The first-order chi connectivity index (χ1) is 24.7. The zero-order chi connectivity index (χ0) is 37.2. The standard InChI is InChI=1S/C38H36F3N3O8/c1-18-11-22-13-25-27(15-42)44-26(32(43(25)4)30(22)33(47)34(18)48-5)14-24-31(37-36(50-17-51-37)19(2)35(24)52-20(3)45)28(44)16-49-29(46)10-9-21-7-6-8-23(12-21)38(39,40)41/h6-12,25-28,32,47H,13-14,16-17H2,1-5H3/b10-9+/t25-,26?,27?,28+,32-/m1/s1. The number of aromatic hydroxyl groups is 1. The van der Waals surface area contributed by atoms with E-state index in [1.54, 1.807) is 6.92 Å². The van der Waals surface area contributed by atoms with E-state index in [2.05, 4.69) is 11.0 Å². The number of nitriles is 1. The fourth-order valence-corrected chi connectivity index (χ4v) is 8.47. The van der Waals surface area contributed by atoms with Crippen LogP contribution in [0.3, 0.4) is 0 Å². The van der Waals surface area contributed by atoms with Crippen LogP contribution in [0.2, 0.25) is 0 Å². The van der Waals surface area contributed by atoms with Crippen LogP contribution >= 0.6 is 0 Å². The Morgan fingerprint density at radius 2 is 1.85 bits per heavy atom. The number of hydrogen-bond acceptors (Lipinski definition) is 11. The Morgan fingerprint density at radius 1 is 1.10 bits per heavy atom. The Hall–Kier alpha value is -5.26. The number of alkyl halides is 3. The van der Waals surface area contributed by atoms with Gasteiger partial charge in [0.1, 0.15) is 18.4 Å². The molecule has 4 heterocycles. The van der Waals surface area contributed by atoms with Gasteiger partial charge in [-0.1, -0.05) is 18.2 Å².